The summed E-state index contributed by atoms with van der Waals surface area (Å²) in [6.45, 7) is 1.11. The zero-order valence-corrected chi connectivity index (χ0v) is 8.74. The van der Waals surface area contributed by atoms with E-state index in [0.717, 1.165) is 13.0 Å². The first kappa shape index (κ1) is 10.6. The molecule has 1 aromatic rings. The van der Waals surface area contributed by atoms with Gasteiger partial charge in [0.1, 0.15) is 5.82 Å². The molecule has 0 saturated carbocycles. The molecule has 1 saturated heterocycles. The number of hydrogen-bond acceptors (Lipinski definition) is 2. The van der Waals surface area contributed by atoms with Crippen LogP contribution in [0, 0.1) is 17.1 Å². The van der Waals surface area contributed by atoms with Crippen molar-refractivity contribution in [1.29, 1.82) is 5.26 Å². The standard InChI is InChI=1S/C12H11FN2O/c13-11-5-9(7-14)4-10(6-11)8-15-3-1-2-12(15)16/h4-6H,1-3,8H2. The van der Waals surface area contributed by atoms with Crippen molar-refractivity contribution in [2.24, 2.45) is 0 Å². The molecule has 1 heterocycles. The molecule has 0 radical (unpaired) electrons. The van der Waals surface area contributed by atoms with Gasteiger partial charge in [0.05, 0.1) is 11.6 Å². The third kappa shape index (κ3) is 2.19. The first-order valence-electron chi connectivity index (χ1n) is 5.16. The Kier molecular flexibility index (Phi) is 2.86. The van der Waals surface area contributed by atoms with Gasteiger partial charge >= 0.3 is 0 Å². The maximum absolute atomic E-state index is 13.1. The monoisotopic (exact) mass is 218 g/mol. The van der Waals surface area contributed by atoms with Crippen LogP contribution < -0.4 is 0 Å². The van der Waals surface area contributed by atoms with Gasteiger partial charge in [-0.05, 0) is 30.2 Å². The van der Waals surface area contributed by atoms with Gasteiger partial charge in [-0.15, -0.1) is 0 Å². The van der Waals surface area contributed by atoms with Crippen molar-refractivity contribution in [3.8, 4) is 6.07 Å². The highest BCUT2D eigenvalue weighted by Crippen LogP contribution is 2.16. The Morgan fingerprint density at radius 2 is 2.25 bits per heavy atom. The van der Waals surface area contributed by atoms with Gasteiger partial charge in [0.15, 0.2) is 0 Å². The van der Waals surface area contributed by atoms with E-state index in [0.29, 0.717) is 24.1 Å². The summed E-state index contributed by atoms with van der Waals surface area (Å²) in [5.74, 6) is -0.330. The topological polar surface area (TPSA) is 44.1 Å². The van der Waals surface area contributed by atoms with Crippen molar-refractivity contribution >= 4 is 5.91 Å². The van der Waals surface area contributed by atoms with E-state index in [1.54, 1.807) is 11.0 Å². The second kappa shape index (κ2) is 4.31. The number of rotatable bonds is 2. The smallest absolute Gasteiger partial charge is 0.222 e. The van der Waals surface area contributed by atoms with Crippen LogP contribution in [0.1, 0.15) is 24.0 Å². The van der Waals surface area contributed by atoms with Gasteiger partial charge < -0.3 is 4.90 Å². The molecule has 0 bridgehead atoms. The number of nitriles is 1. The minimum atomic E-state index is -0.430. The number of carbonyl (C=O) groups excluding carboxylic acids is 1. The molecule has 1 aliphatic heterocycles. The van der Waals surface area contributed by atoms with Crippen molar-refractivity contribution in [2.75, 3.05) is 6.54 Å². The molecular weight excluding hydrogens is 207 g/mol. The molecule has 0 N–H and O–H groups in total. The van der Waals surface area contributed by atoms with Gasteiger partial charge in [0.2, 0.25) is 5.91 Å². The molecule has 1 amide bonds. The number of benzene rings is 1. The molecule has 16 heavy (non-hydrogen) atoms. The van der Waals surface area contributed by atoms with Gasteiger partial charge in [-0.25, -0.2) is 4.39 Å². The first-order valence-corrected chi connectivity index (χ1v) is 5.16. The molecule has 1 fully saturated rings. The fraction of sp³-hybridized carbons (Fsp3) is 0.333. The normalized spacial score (nSPS) is 15.2. The lowest BCUT2D eigenvalue weighted by Crippen LogP contribution is -2.23. The summed E-state index contributed by atoms with van der Waals surface area (Å²) in [5.41, 5.74) is 0.966. The van der Waals surface area contributed by atoms with Crippen LogP contribution in [0.5, 0.6) is 0 Å². The molecule has 4 heteroatoms. The lowest BCUT2D eigenvalue weighted by atomic mass is 10.1. The van der Waals surface area contributed by atoms with Gasteiger partial charge in [-0.3, -0.25) is 4.79 Å². The quantitative estimate of drug-likeness (QED) is 0.760. The highest BCUT2D eigenvalue weighted by Gasteiger charge is 2.20. The average Bonchev–Trinajstić information content (AvgIpc) is 2.63. The molecular formula is C12H11FN2O. The lowest BCUT2D eigenvalue weighted by Gasteiger charge is -2.15. The van der Waals surface area contributed by atoms with Crippen LogP contribution in [0.3, 0.4) is 0 Å². The van der Waals surface area contributed by atoms with Crippen molar-refractivity contribution in [3.05, 3.63) is 35.1 Å². The Balaban J connectivity index is 2.18. The predicted octanol–water partition coefficient (Wildman–Crippen LogP) is 1.82. The summed E-state index contributed by atoms with van der Waals surface area (Å²) >= 11 is 0. The maximum atomic E-state index is 13.1. The van der Waals surface area contributed by atoms with E-state index >= 15 is 0 Å². The van der Waals surface area contributed by atoms with Crippen LogP contribution in [-0.4, -0.2) is 17.4 Å². The Labute approximate surface area is 93.1 Å². The Bertz CT molecular complexity index is 465. The molecule has 1 aliphatic rings. The Hall–Kier alpha value is -1.89. The third-order valence-electron chi connectivity index (χ3n) is 2.63. The number of halogens is 1. The third-order valence-corrected chi connectivity index (χ3v) is 2.63. The van der Waals surface area contributed by atoms with E-state index in [-0.39, 0.29) is 5.91 Å². The van der Waals surface area contributed by atoms with E-state index in [1.165, 1.54) is 12.1 Å². The van der Waals surface area contributed by atoms with E-state index in [4.69, 9.17) is 5.26 Å². The summed E-state index contributed by atoms with van der Waals surface area (Å²) < 4.78 is 13.1. The van der Waals surface area contributed by atoms with Gasteiger partial charge in [0, 0.05) is 19.5 Å². The van der Waals surface area contributed by atoms with Crippen LogP contribution in [0.15, 0.2) is 18.2 Å². The van der Waals surface area contributed by atoms with Crippen molar-refractivity contribution in [2.45, 2.75) is 19.4 Å². The van der Waals surface area contributed by atoms with Crippen molar-refractivity contribution in [1.82, 2.24) is 4.90 Å². The van der Waals surface area contributed by atoms with E-state index in [2.05, 4.69) is 0 Å². The second-order valence-electron chi connectivity index (χ2n) is 3.88. The molecule has 0 aliphatic carbocycles. The summed E-state index contributed by atoms with van der Waals surface area (Å²) in [6.07, 6.45) is 1.43. The Morgan fingerprint density at radius 1 is 1.44 bits per heavy atom. The predicted molar refractivity (Wildman–Crippen MR) is 55.8 cm³/mol. The van der Waals surface area contributed by atoms with Crippen LogP contribution >= 0.6 is 0 Å². The fourth-order valence-electron chi connectivity index (χ4n) is 1.90. The number of amides is 1. The van der Waals surface area contributed by atoms with Crippen LogP contribution in [-0.2, 0) is 11.3 Å². The molecule has 1 aromatic carbocycles. The number of hydrogen-bond donors (Lipinski definition) is 0. The van der Waals surface area contributed by atoms with Crippen molar-refractivity contribution in [3.63, 3.8) is 0 Å². The van der Waals surface area contributed by atoms with Gasteiger partial charge in [-0.2, -0.15) is 5.26 Å². The summed E-state index contributed by atoms with van der Waals surface area (Å²) in [7, 11) is 0. The number of likely N-dealkylation sites (tertiary alicyclic amines) is 1. The summed E-state index contributed by atoms with van der Waals surface area (Å²) in [4.78, 5) is 13.1. The molecule has 0 unspecified atom stereocenters. The summed E-state index contributed by atoms with van der Waals surface area (Å²) in [5, 5.41) is 8.70. The summed E-state index contributed by atoms with van der Waals surface area (Å²) in [6, 6.07) is 6.08. The van der Waals surface area contributed by atoms with E-state index < -0.39 is 5.82 Å². The largest absolute Gasteiger partial charge is 0.338 e. The highest BCUT2D eigenvalue weighted by atomic mass is 19.1. The molecule has 0 atom stereocenters. The Morgan fingerprint density at radius 3 is 2.88 bits per heavy atom. The van der Waals surface area contributed by atoms with Gasteiger partial charge in [-0.1, -0.05) is 0 Å². The SMILES string of the molecule is N#Cc1cc(F)cc(CN2CCCC2=O)c1. The average molecular weight is 218 g/mol. The number of carbonyl (C=O) groups is 1. The minimum Gasteiger partial charge on any atom is -0.338 e. The molecule has 2 rings (SSSR count). The van der Waals surface area contributed by atoms with Crippen LogP contribution in [0.4, 0.5) is 4.39 Å². The molecule has 3 nitrogen and oxygen atoms in total. The zero-order chi connectivity index (χ0) is 11.5. The van der Waals surface area contributed by atoms with E-state index in [1.807, 2.05) is 6.07 Å². The second-order valence-corrected chi connectivity index (χ2v) is 3.88. The highest BCUT2D eigenvalue weighted by molar-refractivity contribution is 5.78. The maximum Gasteiger partial charge on any atom is 0.222 e. The van der Waals surface area contributed by atoms with Crippen molar-refractivity contribution < 1.29 is 9.18 Å². The number of nitrogens with zero attached hydrogens (tertiary/aromatic N) is 2. The first-order chi connectivity index (χ1) is 7.69. The molecule has 0 aromatic heterocycles. The van der Waals surface area contributed by atoms with E-state index in [9.17, 15) is 9.18 Å². The van der Waals surface area contributed by atoms with Crippen LogP contribution in [0.2, 0.25) is 0 Å². The minimum absolute atomic E-state index is 0.0998. The zero-order valence-electron chi connectivity index (χ0n) is 8.74. The molecule has 82 valence electrons. The van der Waals surface area contributed by atoms with Crippen LogP contribution in [0.25, 0.3) is 0 Å². The fourth-order valence-corrected chi connectivity index (χ4v) is 1.90. The van der Waals surface area contributed by atoms with Gasteiger partial charge in [0.25, 0.3) is 0 Å². The lowest BCUT2D eigenvalue weighted by molar-refractivity contribution is -0.128. The molecule has 0 spiro atoms.